The average molecular weight is 194 g/mol. The third-order valence-electron chi connectivity index (χ3n) is 2.39. The zero-order valence-electron chi connectivity index (χ0n) is 8.83. The normalized spacial score (nSPS) is 12.8. The Morgan fingerprint density at radius 2 is 2.50 bits per heavy atom. The zero-order valence-corrected chi connectivity index (χ0v) is 8.83. The molecule has 0 saturated heterocycles. The van der Waals surface area contributed by atoms with Gasteiger partial charge >= 0.3 is 0 Å². The van der Waals surface area contributed by atoms with Crippen molar-refractivity contribution in [2.45, 2.75) is 13.0 Å². The van der Waals surface area contributed by atoms with Crippen molar-refractivity contribution >= 4 is 0 Å². The van der Waals surface area contributed by atoms with E-state index in [0.29, 0.717) is 6.54 Å². The maximum Gasteiger partial charge on any atom is 0.0540 e. The molecule has 3 N–H and O–H groups in total. The molecule has 1 aromatic rings. The quantitative estimate of drug-likeness (QED) is 0.671. The Hall–Kier alpha value is -1.13. The van der Waals surface area contributed by atoms with Crippen LogP contribution in [0.2, 0.25) is 0 Å². The number of hydrogen-bond acceptors (Lipinski definition) is 3. The monoisotopic (exact) mass is 194 g/mol. The van der Waals surface area contributed by atoms with Crippen LogP contribution >= 0.6 is 0 Å². The molecule has 0 fully saturated rings. The van der Waals surface area contributed by atoms with Crippen molar-refractivity contribution < 1.29 is 0 Å². The van der Waals surface area contributed by atoms with Crippen molar-refractivity contribution in [1.29, 1.82) is 0 Å². The van der Waals surface area contributed by atoms with Gasteiger partial charge in [-0.1, -0.05) is 6.08 Å². The molecule has 0 aliphatic rings. The molecule has 0 aromatic carbocycles. The van der Waals surface area contributed by atoms with Gasteiger partial charge in [-0.2, -0.15) is 5.10 Å². The second-order valence-corrected chi connectivity index (χ2v) is 3.29. The molecule has 0 saturated carbocycles. The topological polar surface area (TPSA) is 55.9 Å². The van der Waals surface area contributed by atoms with Crippen LogP contribution in [0.3, 0.4) is 0 Å². The first-order chi connectivity index (χ1) is 6.70. The van der Waals surface area contributed by atoms with Crippen LogP contribution < -0.4 is 11.1 Å². The van der Waals surface area contributed by atoms with Crippen LogP contribution in [0.4, 0.5) is 0 Å². The number of aryl methyl sites for hydroxylation is 1. The molecule has 0 bridgehead atoms. The van der Waals surface area contributed by atoms with Crippen LogP contribution in [-0.2, 0) is 7.05 Å². The summed E-state index contributed by atoms with van der Waals surface area (Å²) in [6.45, 7) is 7.04. The highest BCUT2D eigenvalue weighted by Gasteiger charge is 2.13. The predicted molar refractivity (Wildman–Crippen MR) is 57.9 cm³/mol. The first-order valence-corrected chi connectivity index (χ1v) is 4.73. The molecule has 4 nitrogen and oxygen atoms in total. The molecule has 1 atom stereocenters. The van der Waals surface area contributed by atoms with E-state index in [1.54, 1.807) is 0 Å². The van der Waals surface area contributed by atoms with E-state index in [2.05, 4.69) is 17.0 Å². The predicted octanol–water partition coefficient (Wildman–Crippen LogP) is 0.504. The van der Waals surface area contributed by atoms with Crippen molar-refractivity contribution in [3.8, 4) is 0 Å². The van der Waals surface area contributed by atoms with E-state index >= 15 is 0 Å². The van der Waals surface area contributed by atoms with Gasteiger partial charge in [0.25, 0.3) is 0 Å². The van der Waals surface area contributed by atoms with Crippen LogP contribution in [0.1, 0.15) is 17.3 Å². The van der Waals surface area contributed by atoms with Crippen LogP contribution in [0.15, 0.2) is 18.9 Å². The minimum atomic E-state index is 0.168. The van der Waals surface area contributed by atoms with Crippen LogP contribution in [-0.4, -0.2) is 22.9 Å². The lowest BCUT2D eigenvalue weighted by Gasteiger charge is -2.15. The van der Waals surface area contributed by atoms with Gasteiger partial charge in [0.15, 0.2) is 0 Å². The van der Waals surface area contributed by atoms with Gasteiger partial charge in [-0.3, -0.25) is 4.68 Å². The Bertz CT molecular complexity index is 303. The van der Waals surface area contributed by atoms with Gasteiger partial charge in [0.1, 0.15) is 0 Å². The third-order valence-corrected chi connectivity index (χ3v) is 2.39. The fourth-order valence-corrected chi connectivity index (χ4v) is 1.40. The van der Waals surface area contributed by atoms with E-state index < -0.39 is 0 Å². The lowest BCUT2D eigenvalue weighted by molar-refractivity contribution is 0.573. The highest BCUT2D eigenvalue weighted by Crippen LogP contribution is 2.15. The first kappa shape index (κ1) is 10.9. The van der Waals surface area contributed by atoms with Gasteiger partial charge in [-0.15, -0.1) is 6.58 Å². The smallest absolute Gasteiger partial charge is 0.0540 e. The second kappa shape index (κ2) is 4.93. The van der Waals surface area contributed by atoms with E-state index in [1.807, 2.05) is 30.9 Å². The van der Waals surface area contributed by atoms with Crippen LogP contribution in [0, 0.1) is 6.92 Å². The summed E-state index contributed by atoms with van der Waals surface area (Å²) in [5.74, 6) is 0. The minimum Gasteiger partial charge on any atom is -0.329 e. The molecule has 0 aliphatic heterocycles. The van der Waals surface area contributed by atoms with E-state index in [-0.39, 0.29) is 6.04 Å². The molecule has 0 aliphatic carbocycles. The second-order valence-electron chi connectivity index (χ2n) is 3.29. The van der Waals surface area contributed by atoms with E-state index in [4.69, 9.17) is 5.73 Å². The van der Waals surface area contributed by atoms with Gasteiger partial charge < -0.3 is 11.1 Å². The SMILES string of the molecule is C=CCNC(CN)c1cnn(C)c1C. The maximum atomic E-state index is 5.69. The van der Waals surface area contributed by atoms with E-state index in [1.165, 1.54) is 0 Å². The Balaban J connectivity index is 2.78. The maximum absolute atomic E-state index is 5.69. The van der Waals surface area contributed by atoms with Gasteiger partial charge in [-0.25, -0.2) is 0 Å². The van der Waals surface area contributed by atoms with Gasteiger partial charge in [0, 0.05) is 37.4 Å². The molecule has 0 radical (unpaired) electrons. The summed E-state index contributed by atoms with van der Waals surface area (Å²) in [7, 11) is 1.93. The Kier molecular flexibility index (Phi) is 3.85. The first-order valence-electron chi connectivity index (χ1n) is 4.73. The fourth-order valence-electron chi connectivity index (χ4n) is 1.40. The van der Waals surface area contributed by atoms with Gasteiger partial charge in [0.2, 0.25) is 0 Å². The molecule has 1 heterocycles. The summed E-state index contributed by atoms with van der Waals surface area (Å²) in [5.41, 5.74) is 8.00. The molecule has 78 valence electrons. The van der Waals surface area contributed by atoms with Crippen molar-refractivity contribution in [2.75, 3.05) is 13.1 Å². The highest BCUT2D eigenvalue weighted by atomic mass is 15.3. The van der Waals surface area contributed by atoms with Gasteiger partial charge in [0.05, 0.1) is 6.20 Å². The summed E-state index contributed by atoms with van der Waals surface area (Å²) in [4.78, 5) is 0. The molecule has 4 heteroatoms. The van der Waals surface area contributed by atoms with Crippen LogP contribution in [0.25, 0.3) is 0 Å². The molecule has 14 heavy (non-hydrogen) atoms. The minimum absolute atomic E-state index is 0.168. The molecule has 1 unspecified atom stereocenters. The number of hydrogen-bond donors (Lipinski definition) is 2. The lowest BCUT2D eigenvalue weighted by atomic mass is 10.1. The summed E-state index contributed by atoms with van der Waals surface area (Å²) in [5, 5.41) is 7.48. The Morgan fingerprint density at radius 1 is 1.79 bits per heavy atom. The summed E-state index contributed by atoms with van der Waals surface area (Å²) in [6.07, 6.45) is 3.69. The summed E-state index contributed by atoms with van der Waals surface area (Å²) >= 11 is 0. The molecule has 1 rings (SSSR count). The van der Waals surface area contributed by atoms with Crippen molar-refractivity contribution in [3.63, 3.8) is 0 Å². The highest BCUT2D eigenvalue weighted by molar-refractivity contribution is 5.20. The molecule has 1 aromatic heterocycles. The number of nitrogens with two attached hydrogens (primary N) is 1. The fraction of sp³-hybridized carbons (Fsp3) is 0.500. The Labute approximate surface area is 84.8 Å². The molecular formula is C10H18N4. The standard InChI is InChI=1S/C10H18N4/c1-4-5-12-10(6-11)9-7-13-14(3)8(9)2/h4,7,10,12H,1,5-6,11H2,2-3H3. The molecule has 0 spiro atoms. The number of rotatable bonds is 5. The summed E-state index contributed by atoms with van der Waals surface area (Å²) in [6, 6.07) is 0.168. The number of aromatic nitrogens is 2. The number of nitrogens with one attached hydrogen (secondary N) is 1. The van der Waals surface area contributed by atoms with Gasteiger partial charge in [-0.05, 0) is 6.92 Å². The lowest BCUT2D eigenvalue weighted by Crippen LogP contribution is -2.28. The summed E-state index contributed by atoms with van der Waals surface area (Å²) < 4.78 is 1.85. The zero-order chi connectivity index (χ0) is 10.6. The van der Waals surface area contributed by atoms with Crippen molar-refractivity contribution in [1.82, 2.24) is 15.1 Å². The molecular weight excluding hydrogens is 176 g/mol. The van der Waals surface area contributed by atoms with Crippen molar-refractivity contribution in [3.05, 3.63) is 30.1 Å². The third kappa shape index (κ3) is 2.21. The number of nitrogens with zero attached hydrogens (tertiary/aromatic N) is 2. The average Bonchev–Trinajstić information content (AvgIpc) is 2.51. The largest absolute Gasteiger partial charge is 0.329 e. The van der Waals surface area contributed by atoms with Crippen molar-refractivity contribution in [2.24, 2.45) is 12.8 Å². The molecule has 0 amide bonds. The van der Waals surface area contributed by atoms with Crippen LogP contribution in [0.5, 0.6) is 0 Å². The van der Waals surface area contributed by atoms with E-state index in [9.17, 15) is 0 Å². The Morgan fingerprint density at radius 3 is 2.93 bits per heavy atom. The van der Waals surface area contributed by atoms with E-state index in [0.717, 1.165) is 17.8 Å².